The highest BCUT2D eigenvalue weighted by Crippen LogP contribution is 2.36. The van der Waals surface area contributed by atoms with Crippen molar-refractivity contribution in [3.63, 3.8) is 0 Å². The summed E-state index contributed by atoms with van der Waals surface area (Å²) < 4.78 is 0. The number of imidazole rings is 1. The molecule has 6 heteroatoms. The smallest absolute Gasteiger partial charge is 0.182 e. The minimum absolute atomic E-state index is 0.0856. The maximum absolute atomic E-state index is 10.5. The van der Waals surface area contributed by atoms with E-state index in [0.717, 1.165) is 28.3 Å². The number of nitrogens with zero attached hydrogens (tertiary/aromatic N) is 3. The lowest BCUT2D eigenvalue weighted by molar-refractivity contribution is 0.464. The summed E-state index contributed by atoms with van der Waals surface area (Å²) in [6, 6.07) is 11.6. The first-order valence-electron chi connectivity index (χ1n) is 7.89. The first-order chi connectivity index (χ1) is 11.8. The molecule has 0 saturated carbocycles. The van der Waals surface area contributed by atoms with Crippen LogP contribution >= 0.6 is 0 Å². The minimum atomic E-state index is -0.0856. The first kappa shape index (κ1) is 14.4. The quantitative estimate of drug-likeness (QED) is 0.533. The van der Waals surface area contributed by atoms with Gasteiger partial charge >= 0.3 is 0 Å². The van der Waals surface area contributed by atoms with Gasteiger partial charge in [0.15, 0.2) is 11.5 Å². The number of benzene rings is 2. The predicted molar refractivity (Wildman–Crippen MR) is 94.0 cm³/mol. The third-order valence-corrected chi connectivity index (χ3v) is 4.24. The molecule has 0 aliphatic carbocycles. The van der Waals surface area contributed by atoms with E-state index in [1.54, 1.807) is 12.4 Å². The van der Waals surface area contributed by atoms with E-state index in [1.807, 2.05) is 30.3 Å². The number of aromatic hydroxyl groups is 1. The summed E-state index contributed by atoms with van der Waals surface area (Å²) in [5.74, 6) is 0.958. The summed E-state index contributed by atoms with van der Waals surface area (Å²) in [7, 11) is 0. The fourth-order valence-electron chi connectivity index (χ4n) is 3.07. The number of anilines is 1. The topological polar surface area (TPSA) is 86.7 Å². The molecule has 0 aliphatic rings. The number of nitrogens with one attached hydrogen (secondary N) is 2. The Morgan fingerprint density at radius 3 is 2.88 bits per heavy atom. The molecule has 2 aromatic heterocycles. The van der Waals surface area contributed by atoms with Crippen LogP contribution in [0, 0.1) is 0 Å². The maximum Gasteiger partial charge on any atom is 0.182 e. The van der Waals surface area contributed by atoms with Crippen molar-refractivity contribution in [3.8, 4) is 5.75 Å². The molecule has 2 aromatic carbocycles. The third-order valence-electron chi connectivity index (χ3n) is 4.24. The first-order valence-corrected chi connectivity index (χ1v) is 7.89. The second-order valence-corrected chi connectivity index (χ2v) is 5.65. The van der Waals surface area contributed by atoms with Crippen LogP contribution in [0.4, 0.5) is 5.82 Å². The van der Waals surface area contributed by atoms with Gasteiger partial charge in [0.25, 0.3) is 0 Å². The fourth-order valence-corrected chi connectivity index (χ4v) is 3.07. The zero-order valence-electron chi connectivity index (χ0n) is 13.2. The van der Waals surface area contributed by atoms with Crippen molar-refractivity contribution < 1.29 is 5.11 Å². The van der Waals surface area contributed by atoms with E-state index in [-0.39, 0.29) is 11.8 Å². The number of H-pyrrole nitrogens is 1. The van der Waals surface area contributed by atoms with E-state index in [2.05, 4.69) is 32.2 Å². The van der Waals surface area contributed by atoms with Crippen LogP contribution in [0.3, 0.4) is 0 Å². The minimum Gasteiger partial charge on any atom is -0.508 e. The van der Waals surface area contributed by atoms with Crippen molar-refractivity contribution in [3.05, 3.63) is 54.6 Å². The van der Waals surface area contributed by atoms with Gasteiger partial charge in [-0.15, -0.1) is 0 Å². The van der Waals surface area contributed by atoms with Crippen LogP contribution in [0.1, 0.15) is 24.9 Å². The largest absolute Gasteiger partial charge is 0.508 e. The highest BCUT2D eigenvalue weighted by molar-refractivity contribution is 5.89. The van der Waals surface area contributed by atoms with Gasteiger partial charge in [-0.3, -0.25) is 0 Å². The van der Waals surface area contributed by atoms with Gasteiger partial charge in [-0.2, -0.15) is 0 Å². The van der Waals surface area contributed by atoms with E-state index < -0.39 is 0 Å². The third kappa shape index (κ3) is 2.32. The van der Waals surface area contributed by atoms with Crippen LogP contribution in [-0.2, 0) is 0 Å². The lowest BCUT2D eigenvalue weighted by Crippen LogP contribution is -2.12. The number of hydrogen-bond donors (Lipinski definition) is 3. The van der Waals surface area contributed by atoms with Gasteiger partial charge in [-0.05, 0) is 23.3 Å². The van der Waals surface area contributed by atoms with E-state index in [1.165, 1.54) is 6.33 Å². The molecule has 0 saturated heterocycles. The molecular formula is C18H17N5O. The van der Waals surface area contributed by atoms with Crippen molar-refractivity contribution in [2.24, 2.45) is 0 Å². The van der Waals surface area contributed by atoms with Crippen molar-refractivity contribution >= 4 is 27.8 Å². The summed E-state index contributed by atoms with van der Waals surface area (Å²) in [6.45, 7) is 2.07. The molecule has 24 heavy (non-hydrogen) atoms. The van der Waals surface area contributed by atoms with Gasteiger partial charge < -0.3 is 15.4 Å². The Kier molecular flexibility index (Phi) is 3.49. The highest BCUT2D eigenvalue weighted by Gasteiger charge is 2.19. The number of fused-ring (bicyclic) bond motifs is 2. The number of rotatable bonds is 4. The summed E-state index contributed by atoms with van der Waals surface area (Å²) in [5, 5.41) is 16.0. The molecule has 3 N–H and O–H groups in total. The number of aromatic amines is 1. The molecule has 0 bridgehead atoms. The predicted octanol–water partition coefficient (Wildman–Crippen LogP) is 3.77. The Morgan fingerprint density at radius 1 is 1.12 bits per heavy atom. The van der Waals surface area contributed by atoms with Gasteiger partial charge in [0.05, 0.1) is 12.4 Å². The molecule has 4 aromatic rings. The summed E-state index contributed by atoms with van der Waals surface area (Å²) >= 11 is 0. The zero-order chi connectivity index (χ0) is 16.5. The van der Waals surface area contributed by atoms with Crippen LogP contribution in [0.15, 0.2) is 49.1 Å². The Labute approximate surface area is 138 Å². The van der Waals surface area contributed by atoms with Crippen LogP contribution in [0.2, 0.25) is 0 Å². The van der Waals surface area contributed by atoms with Gasteiger partial charge in [-0.25, -0.2) is 15.0 Å². The lowest BCUT2D eigenvalue weighted by Gasteiger charge is -2.21. The molecule has 4 rings (SSSR count). The van der Waals surface area contributed by atoms with Crippen LogP contribution in [0.25, 0.3) is 21.9 Å². The molecule has 2 heterocycles. The fraction of sp³-hybridized carbons (Fsp3) is 0.167. The van der Waals surface area contributed by atoms with Crippen LogP contribution in [-0.4, -0.2) is 25.0 Å². The summed E-state index contributed by atoms with van der Waals surface area (Å²) in [5.41, 5.74) is 2.25. The van der Waals surface area contributed by atoms with Gasteiger partial charge in [0.2, 0.25) is 0 Å². The molecule has 0 radical (unpaired) electrons. The normalized spacial score (nSPS) is 12.5. The maximum atomic E-state index is 10.5. The molecule has 0 fully saturated rings. The van der Waals surface area contributed by atoms with E-state index in [0.29, 0.717) is 11.5 Å². The van der Waals surface area contributed by atoms with Crippen molar-refractivity contribution in [1.29, 1.82) is 0 Å². The highest BCUT2D eigenvalue weighted by atomic mass is 16.3. The second-order valence-electron chi connectivity index (χ2n) is 5.65. The van der Waals surface area contributed by atoms with Crippen LogP contribution in [0.5, 0.6) is 5.75 Å². The van der Waals surface area contributed by atoms with Crippen LogP contribution < -0.4 is 5.32 Å². The van der Waals surface area contributed by atoms with Crippen molar-refractivity contribution in [2.75, 3.05) is 5.32 Å². The van der Waals surface area contributed by atoms with E-state index in [9.17, 15) is 5.11 Å². The number of hydrogen-bond acceptors (Lipinski definition) is 5. The summed E-state index contributed by atoms with van der Waals surface area (Å²) in [4.78, 5) is 15.7. The molecule has 0 spiro atoms. The molecule has 0 aliphatic heterocycles. The van der Waals surface area contributed by atoms with Crippen molar-refractivity contribution in [1.82, 2.24) is 19.9 Å². The Bertz CT molecular complexity index is 1010. The average Bonchev–Trinajstić information content (AvgIpc) is 3.10. The molecule has 1 unspecified atom stereocenters. The Hall–Kier alpha value is -3.15. The zero-order valence-corrected chi connectivity index (χ0v) is 13.2. The van der Waals surface area contributed by atoms with E-state index in [4.69, 9.17) is 0 Å². The number of phenols is 1. The second kappa shape index (κ2) is 5.81. The van der Waals surface area contributed by atoms with Gasteiger partial charge in [0, 0.05) is 5.56 Å². The lowest BCUT2D eigenvalue weighted by atomic mass is 9.96. The molecular weight excluding hydrogens is 302 g/mol. The van der Waals surface area contributed by atoms with Crippen molar-refractivity contribution in [2.45, 2.75) is 19.4 Å². The van der Waals surface area contributed by atoms with Gasteiger partial charge in [-0.1, -0.05) is 37.3 Å². The average molecular weight is 319 g/mol. The molecule has 0 amide bonds. The summed E-state index contributed by atoms with van der Waals surface area (Å²) in [6.07, 6.45) is 3.88. The molecule has 6 nitrogen and oxygen atoms in total. The standard InChI is InChI=1S/C18H17N5O/c1-2-13(23-18-16-17(20-9-19-16)21-10-22-18)15-12-6-4-3-5-11(12)7-8-14(15)24/h3-10,13,24H,2H2,1H3,(H2,19,20,21,22,23). The monoisotopic (exact) mass is 319 g/mol. The van der Waals surface area contributed by atoms with E-state index >= 15 is 0 Å². The van der Waals surface area contributed by atoms with Gasteiger partial charge in [0.1, 0.15) is 17.6 Å². The Balaban J connectivity index is 1.82. The number of phenolic OH excluding ortho intramolecular Hbond substituents is 1. The molecule has 1 atom stereocenters. The molecule has 120 valence electrons. The number of aromatic nitrogens is 4. The SMILES string of the molecule is CCC(Nc1ncnc2nc[nH]c12)c1c(O)ccc2ccccc12. The Morgan fingerprint density at radius 2 is 2.00 bits per heavy atom.